The molecule has 0 bridgehead atoms. The van der Waals surface area contributed by atoms with Gasteiger partial charge in [-0.2, -0.15) is 15.0 Å². The molecule has 7 N–H and O–H groups in total. The molecule has 2 unspecified atom stereocenters. The molecule has 0 radical (unpaired) electrons. The van der Waals surface area contributed by atoms with Crippen LogP contribution in [0.4, 0.5) is 32.3 Å². The quantitative estimate of drug-likeness (QED) is 0.183. The summed E-state index contributed by atoms with van der Waals surface area (Å²) >= 11 is 0. The number of carbonyl (C=O) groups excluding carboxylic acids is 2. The number of halogens is 2. The van der Waals surface area contributed by atoms with E-state index in [1.807, 2.05) is 0 Å². The molecule has 39 heavy (non-hydrogen) atoms. The third kappa shape index (κ3) is 7.17. The van der Waals surface area contributed by atoms with Crippen molar-refractivity contribution in [1.29, 1.82) is 0 Å². The van der Waals surface area contributed by atoms with Crippen LogP contribution in [-0.4, -0.2) is 96.9 Å². The Kier molecular flexibility index (Phi) is 9.59. The minimum Gasteiger partial charge on any atom is -0.396 e. The molecular weight excluding hydrogens is 514 g/mol. The Bertz CT molecular complexity index is 1160. The average Bonchev–Trinajstić information content (AvgIpc) is 3.36. The lowest BCUT2D eigenvalue weighted by molar-refractivity contribution is -0.124. The molecular formula is C24H34F2N10O3. The zero-order valence-corrected chi connectivity index (χ0v) is 21.6. The van der Waals surface area contributed by atoms with Gasteiger partial charge in [0.05, 0.1) is 11.6 Å². The van der Waals surface area contributed by atoms with Crippen molar-refractivity contribution in [2.24, 2.45) is 5.92 Å². The lowest BCUT2D eigenvalue weighted by Gasteiger charge is -2.35. The van der Waals surface area contributed by atoms with Gasteiger partial charge < -0.3 is 41.9 Å². The van der Waals surface area contributed by atoms with Crippen molar-refractivity contribution in [2.75, 3.05) is 73.8 Å². The second-order valence-corrected chi connectivity index (χ2v) is 9.30. The van der Waals surface area contributed by atoms with E-state index in [1.165, 1.54) is 12.1 Å². The van der Waals surface area contributed by atoms with Crippen molar-refractivity contribution < 1.29 is 23.5 Å². The number of anilines is 4. The monoisotopic (exact) mass is 548 g/mol. The highest BCUT2D eigenvalue weighted by Gasteiger charge is 2.33. The van der Waals surface area contributed by atoms with E-state index in [9.17, 15) is 23.5 Å². The third-order valence-electron chi connectivity index (χ3n) is 6.64. The van der Waals surface area contributed by atoms with E-state index in [2.05, 4.69) is 46.9 Å². The second kappa shape index (κ2) is 13.3. The molecule has 1 aromatic heterocycles. The summed E-state index contributed by atoms with van der Waals surface area (Å²) in [6, 6.07) is 2.79. The minimum atomic E-state index is -0.989. The molecule has 212 valence electrons. The second-order valence-electron chi connectivity index (χ2n) is 9.30. The molecule has 2 aliphatic rings. The van der Waals surface area contributed by atoms with Gasteiger partial charge in [-0.25, -0.2) is 8.78 Å². The molecule has 2 amide bonds. The predicted octanol–water partition coefficient (Wildman–Crippen LogP) is -0.503. The number of carbonyl (C=O) groups is 2. The number of amides is 2. The number of aliphatic hydroxyl groups is 1. The van der Waals surface area contributed by atoms with Gasteiger partial charge in [0.2, 0.25) is 29.7 Å². The van der Waals surface area contributed by atoms with Crippen molar-refractivity contribution in [3.8, 4) is 0 Å². The fourth-order valence-corrected chi connectivity index (χ4v) is 4.47. The maximum atomic E-state index is 14.1. The summed E-state index contributed by atoms with van der Waals surface area (Å²) in [7, 11) is 1.65. The van der Waals surface area contributed by atoms with Crippen LogP contribution in [0.3, 0.4) is 0 Å². The van der Waals surface area contributed by atoms with Crippen LogP contribution < -0.4 is 36.8 Å². The number of nitrogens with zero attached hydrogens (tertiary/aromatic N) is 4. The van der Waals surface area contributed by atoms with Crippen molar-refractivity contribution in [3.05, 3.63) is 29.8 Å². The Hall–Kier alpha value is -3.85. The molecule has 2 saturated heterocycles. The van der Waals surface area contributed by atoms with E-state index in [0.29, 0.717) is 32.6 Å². The lowest BCUT2D eigenvalue weighted by atomic mass is 10.1. The molecule has 0 spiro atoms. The van der Waals surface area contributed by atoms with Crippen molar-refractivity contribution in [1.82, 2.24) is 30.9 Å². The molecule has 2 fully saturated rings. The standard InChI is InChI=1S/C24H34F2N10O3/c1-27-22-33-23(32-15(6-10-37)12-30-17-4-2-3-16(25)19(17)26)35-24(34-22)36-9-8-28-13-18(36)21(39)31-11-14-5-7-29-20(14)38/h2-4,14-15,18,28,30,37H,5-13H2,1H3,(H,29,38)(H,31,39)(H2,27,32,33,34,35)/t14?,15-,18?/m0/s1. The van der Waals surface area contributed by atoms with Crippen LogP contribution in [0.5, 0.6) is 0 Å². The van der Waals surface area contributed by atoms with Crippen LogP contribution in [0.25, 0.3) is 0 Å². The van der Waals surface area contributed by atoms with E-state index >= 15 is 0 Å². The molecule has 15 heteroatoms. The molecule has 0 saturated carbocycles. The smallest absolute Gasteiger partial charge is 0.244 e. The molecule has 1 aromatic carbocycles. The first-order chi connectivity index (χ1) is 18.9. The largest absolute Gasteiger partial charge is 0.396 e. The van der Waals surface area contributed by atoms with Gasteiger partial charge in [0.25, 0.3) is 0 Å². The lowest BCUT2D eigenvalue weighted by Crippen LogP contribution is -2.59. The van der Waals surface area contributed by atoms with Crippen LogP contribution in [0.1, 0.15) is 12.8 Å². The van der Waals surface area contributed by atoms with E-state index < -0.39 is 23.7 Å². The Labute approximate surface area is 224 Å². The maximum absolute atomic E-state index is 14.1. The third-order valence-corrected chi connectivity index (χ3v) is 6.64. The number of aliphatic hydroxyl groups excluding tert-OH is 1. The molecule has 4 rings (SSSR count). The van der Waals surface area contributed by atoms with Gasteiger partial charge in [-0.3, -0.25) is 9.59 Å². The zero-order valence-electron chi connectivity index (χ0n) is 21.6. The van der Waals surface area contributed by atoms with Crippen LogP contribution in [0, 0.1) is 17.6 Å². The zero-order chi connectivity index (χ0) is 27.8. The van der Waals surface area contributed by atoms with Gasteiger partial charge in [-0.1, -0.05) is 6.07 Å². The van der Waals surface area contributed by atoms with Crippen LogP contribution in [-0.2, 0) is 9.59 Å². The first-order valence-electron chi connectivity index (χ1n) is 12.9. The molecule has 3 heterocycles. The van der Waals surface area contributed by atoms with Crippen molar-refractivity contribution in [2.45, 2.75) is 24.9 Å². The highest BCUT2D eigenvalue weighted by Crippen LogP contribution is 2.20. The number of aromatic nitrogens is 3. The molecule has 0 aliphatic carbocycles. The number of hydrogen-bond acceptors (Lipinski definition) is 11. The summed E-state index contributed by atoms with van der Waals surface area (Å²) in [5.74, 6) is -1.80. The fourth-order valence-electron chi connectivity index (χ4n) is 4.47. The fraction of sp³-hybridized carbons (Fsp3) is 0.542. The minimum absolute atomic E-state index is 0.00301. The van der Waals surface area contributed by atoms with Gasteiger partial charge in [0.1, 0.15) is 6.04 Å². The van der Waals surface area contributed by atoms with Crippen LogP contribution in [0.2, 0.25) is 0 Å². The number of nitrogens with one attached hydrogen (secondary N) is 6. The SMILES string of the molecule is CNc1nc(N[C@@H](CCO)CNc2cccc(F)c2F)nc(N2CCNCC2C(=O)NCC2CCNC2=O)n1. The van der Waals surface area contributed by atoms with Gasteiger partial charge >= 0.3 is 0 Å². The number of rotatable bonds is 12. The summed E-state index contributed by atoms with van der Waals surface area (Å²) in [5.41, 5.74) is -0.00301. The first-order valence-corrected chi connectivity index (χ1v) is 12.9. The van der Waals surface area contributed by atoms with Gasteiger partial charge in [-0.15, -0.1) is 0 Å². The topological polar surface area (TPSA) is 168 Å². The number of piperazine rings is 1. The van der Waals surface area contributed by atoms with E-state index in [0.717, 1.165) is 6.07 Å². The average molecular weight is 549 g/mol. The molecule has 2 aromatic rings. The van der Waals surface area contributed by atoms with Crippen molar-refractivity contribution >= 4 is 35.3 Å². The molecule has 2 aliphatic heterocycles. The number of benzene rings is 1. The van der Waals surface area contributed by atoms with E-state index in [-0.39, 0.29) is 67.4 Å². The predicted molar refractivity (Wildman–Crippen MR) is 141 cm³/mol. The maximum Gasteiger partial charge on any atom is 0.244 e. The van der Waals surface area contributed by atoms with Gasteiger partial charge in [0, 0.05) is 59.0 Å². The molecule has 3 atom stereocenters. The summed E-state index contributed by atoms with van der Waals surface area (Å²) in [6.45, 7) is 2.26. The van der Waals surface area contributed by atoms with Gasteiger partial charge in [0.15, 0.2) is 11.6 Å². The number of hydrogen-bond donors (Lipinski definition) is 7. The Morgan fingerprint density at radius 3 is 2.79 bits per heavy atom. The van der Waals surface area contributed by atoms with Gasteiger partial charge in [-0.05, 0) is 25.0 Å². The Balaban J connectivity index is 1.48. The summed E-state index contributed by atoms with van der Waals surface area (Å²) in [4.78, 5) is 40.1. The van der Waals surface area contributed by atoms with E-state index in [4.69, 9.17) is 0 Å². The highest BCUT2D eigenvalue weighted by molar-refractivity contribution is 5.86. The summed E-state index contributed by atoms with van der Waals surface area (Å²) < 4.78 is 27.7. The molecule has 13 nitrogen and oxygen atoms in total. The summed E-state index contributed by atoms with van der Waals surface area (Å²) in [5, 5.41) is 27.3. The van der Waals surface area contributed by atoms with Crippen LogP contribution >= 0.6 is 0 Å². The van der Waals surface area contributed by atoms with E-state index in [1.54, 1.807) is 11.9 Å². The summed E-state index contributed by atoms with van der Waals surface area (Å²) in [6.07, 6.45) is 0.947. The van der Waals surface area contributed by atoms with Crippen LogP contribution in [0.15, 0.2) is 18.2 Å². The normalized spacial score (nSPS) is 19.8. The Morgan fingerprint density at radius 2 is 2.05 bits per heavy atom. The first kappa shape index (κ1) is 28.2. The Morgan fingerprint density at radius 1 is 1.23 bits per heavy atom. The highest BCUT2D eigenvalue weighted by atomic mass is 19.2. The van der Waals surface area contributed by atoms with Crippen molar-refractivity contribution in [3.63, 3.8) is 0 Å².